The fourth-order valence-corrected chi connectivity index (χ4v) is 3.46. The summed E-state index contributed by atoms with van der Waals surface area (Å²) < 4.78 is 54.3. The number of aromatic nitrogens is 2. The molecule has 10 heteroatoms. The van der Waals surface area contributed by atoms with Crippen molar-refractivity contribution in [3.63, 3.8) is 0 Å². The Kier molecular flexibility index (Phi) is 4.70. The normalized spacial score (nSPS) is 16.2. The van der Waals surface area contributed by atoms with Crippen LogP contribution < -0.4 is 9.47 Å². The zero-order valence-corrected chi connectivity index (χ0v) is 14.7. The summed E-state index contributed by atoms with van der Waals surface area (Å²) in [7, 11) is 2.15. The van der Waals surface area contributed by atoms with E-state index in [9.17, 15) is 18.0 Å². The summed E-state index contributed by atoms with van der Waals surface area (Å²) in [4.78, 5) is 20.1. The van der Waals surface area contributed by atoms with E-state index in [0.29, 0.717) is 16.0 Å². The molecule has 1 unspecified atom stereocenters. The maximum absolute atomic E-state index is 13.2. The number of rotatable bonds is 4. The molecular weight excluding hydrogens is 373 g/mol. The monoisotopic (exact) mass is 386 g/mol. The van der Waals surface area contributed by atoms with E-state index in [-0.39, 0.29) is 5.16 Å². The van der Waals surface area contributed by atoms with Crippen molar-refractivity contribution in [2.24, 2.45) is 0 Å². The number of fused-ring (bicyclic) bond motifs is 1. The Morgan fingerprint density at radius 2 is 1.77 bits per heavy atom. The first kappa shape index (κ1) is 18.3. The van der Waals surface area contributed by atoms with Crippen molar-refractivity contribution in [1.82, 2.24) is 9.97 Å². The van der Waals surface area contributed by atoms with Crippen LogP contribution in [0.3, 0.4) is 0 Å². The first-order valence-electron chi connectivity index (χ1n) is 7.35. The number of alkyl halides is 3. The maximum Gasteiger partial charge on any atom is 0.426 e. The van der Waals surface area contributed by atoms with Crippen molar-refractivity contribution in [3.05, 3.63) is 34.9 Å². The number of ether oxygens (including phenoxy) is 3. The average Bonchev–Trinajstić information content (AvgIpc) is 2.88. The molecule has 0 saturated heterocycles. The van der Waals surface area contributed by atoms with Crippen LogP contribution in [0.4, 0.5) is 13.2 Å². The van der Waals surface area contributed by atoms with Gasteiger partial charge in [-0.3, -0.25) is 0 Å². The third-order valence-corrected chi connectivity index (χ3v) is 4.60. The van der Waals surface area contributed by atoms with Crippen LogP contribution in [-0.4, -0.2) is 30.2 Å². The fourth-order valence-electron chi connectivity index (χ4n) is 2.56. The van der Waals surface area contributed by atoms with Crippen LogP contribution in [0.1, 0.15) is 34.5 Å². The molecule has 1 atom stereocenters. The van der Waals surface area contributed by atoms with E-state index in [2.05, 4.69) is 9.97 Å². The molecule has 0 bridgehead atoms. The second-order valence-corrected chi connectivity index (χ2v) is 6.28. The number of carbonyl (C=O) groups excluding carboxylic acids is 1. The molecule has 2 aromatic rings. The third kappa shape index (κ3) is 3.16. The smallest absolute Gasteiger partial charge is 0.426 e. The van der Waals surface area contributed by atoms with Crippen LogP contribution in [-0.2, 0) is 10.9 Å². The Morgan fingerprint density at radius 3 is 2.31 bits per heavy atom. The summed E-state index contributed by atoms with van der Waals surface area (Å²) in [5.41, 5.74) is -0.143. The molecule has 1 aliphatic heterocycles. The van der Waals surface area contributed by atoms with Crippen LogP contribution in [0, 0.1) is 0 Å². The molecule has 0 spiro atoms. The van der Waals surface area contributed by atoms with Crippen LogP contribution in [0.15, 0.2) is 28.3 Å². The SMILES string of the molecule is COc1nc(Sc2cccc3c2C(=O)OC3C)nc(OC)c1C(F)(F)F. The minimum Gasteiger partial charge on any atom is -0.480 e. The van der Waals surface area contributed by atoms with Gasteiger partial charge in [0.05, 0.1) is 19.8 Å². The number of cyclic esters (lactones) is 1. The quantitative estimate of drug-likeness (QED) is 0.583. The molecule has 0 aliphatic carbocycles. The minimum absolute atomic E-state index is 0.0487. The van der Waals surface area contributed by atoms with Gasteiger partial charge in [0.25, 0.3) is 0 Å². The molecule has 6 nitrogen and oxygen atoms in total. The van der Waals surface area contributed by atoms with Crippen LogP contribution in [0.5, 0.6) is 11.8 Å². The van der Waals surface area contributed by atoms with Crippen molar-refractivity contribution in [1.29, 1.82) is 0 Å². The number of nitrogens with zero attached hydrogens (tertiary/aromatic N) is 2. The van der Waals surface area contributed by atoms with E-state index in [1.807, 2.05) is 0 Å². The van der Waals surface area contributed by atoms with Crippen LogP contribution >= 0.6 is 11.8 Å². The molecular formula is C16H13F3N2O4S. The topological polar surface area (TPSA) is 70.5 Å². The standard InChI is InChI=1S/C16H13F3N2O4S/c1-7-8-5-4-6-9(10(8)14(22)25-7)26-15-20-12(23-2)11(16(17,18)19)13(21-15)24-3/h4-7H,1-3H3. The molecule has 0 amide bonds. The number of methoxy groups -OCH3 is 2. The number of carbonyl (C=O) groups is 1. The summed E-state index contributed by atoms with van der Waals surface area (Å²) in [6.45, 7) is 1.73. The van der Waals surface area contributed by atoms with E-state index in [4.69, 9.17) is 14.2 Å². The lowest BCUT2D eigenvalue weighted by atomic mass is 10.1. The highest BCUT2D eigenvalue weighted by Gasteiger charge is 2.41. The van der Waals surface area contributed by atoms with Crippen molar-refractivity contribution in [2.75, 3.05) is 14.2 Å². The van der Waals surface area contributed by atoms with Gasteiger partial charge in [-0.2, -0.15) is 23.1 Å². The highest BCUT2D eigenvalue weighted by Crippen LogP contribution is 2.43. The van der Waals surface area contributed by atoms with Gasteiger partial charge in [-0.15, -0.1) is 0 Å². The van der Waals surface area contributed by atoms with Gasteiger partial charge in [0.15, 0.2) is 10.7 Å². The predicted molar refractivity (Wildman–Crippen MR) is 84.5 cm³/mol. The van der Waals surface area contributed by atoms with Crippen molar-refractivity contribution in [3.8, 4) is 11.8 Å². The van der Waals surface area contributed by atoms with E-state index in [1.54, 1.807) is 25.1 Å². The first-order chi connectivity index (χ1) is 12.3. The molecule has 1 aromatic carbocycles. The lowest BCUT2D eigenvalue weighted by molar-refractivity contribution is -0.140. The number of halogens is 3. The highest BCUT2D eigenvalue weighted by atomic mass is 32.2. The summed E-state index contributed by atoms with van der Waals surface area (Å²) in [5, 5.41) is -0.0487. The van der Waals surface area contributed by atoms with Gasteiger partial charge in [0.1, 0.15) is 6.10 Å². The Hall–Kier alpha value is -2.49. The minimum atomic E-state index is -4.74. The number of esters is 1. The van der Waals surface area contributed by atoms with Crippen LogP contribution in [0.25, 0.3) is 0 Å². The first-order valence-corrected chi connectivity index (χ1v) is 8.16. The second kappa shape index (κ2) is 6.67. The molecule has 0 radical (unpaired) electrons. The van der Waals surface area contributed by atoms with Crippen LogP contribution in [0.2, 0.25) is 0 Å². The Bertz CT molecular complexity index is 848. The highest BCUT2D eigenvalue weighted by molar-refractivity contribution is 7.99. The van der Waals surface area contributed by atoms with E-state index in [0.717, 1.165) is 26.0 Å². The molecule has 0 N–H and O–H groups in total. The summed E-state index contributed by atoms with van der Waals surface area (Å²) >= 11 is 0.927. The van der Waals surface area contributed by atoms with Gasteiger partial charge in [0.2, 0.25) is 11.8 Å². The summed E-state index contributed by atoms with van der Waals surface area (Å²) in [5.74, 6) is -1.81. The third-order valence-electron chi connectivity index (χ3n) is 3.68. The van der Waals surface area contributed by atoms with Gasteiger partial charge in [-0.05, 0) is 24.8 Å². The fraction of sp³-hybridized carbons (Fsp3) is 0.312. The Morgan fingerprint density at radius 1 is 1.15 bits per heavy atom. The molecule has 0 saturated carbocycles. The second-order valence-electron chi connectivity index (χ2n) is 5.27. The van der Waals surface area contributed by atoms with E-state index in [1.165, 1.54) is 0 Å². The van der Waals surface area contributed by atoms with E-state index >= 15 is 0 Å². The number of hydrogen-bond acceptors (Lipinski definition) is 7. The lowest BCUT2D eigenvalue weighted by Gasteiger charge is -2.15. The van der Waals surface area contributed by atoms with Crippen molar-refractivity contribution in [2.45, 2.75) is 29.3 Å². The van der Waals surface area contributed by atoms with Crippen molar-refractivity contribution >= 4 is 17.7 Å². The van der Waals surface area contributed by atoms with E-state index < -0.39 is 35.6 Å². The van der Waals surface area contributed by atoms with Gasteiger partial charge in [-0.1, -0.05) is 12.1 Å². The Balaban J connectivity index is 2.07. The van der Waals surface area contributed by atoms with Gasteiger partial charge in [0, 0.05) is 10.5 Å². The molecule has 2 heterocycles. The molecule has 3 rings (SSSR count). The largest absolute Gasteiger partial charge is 0.480 e. The molecule has 1 aromatic heterocycles. The number of hydrogen-bond donors (Lipinski definition) is 0. The predicted octanol–water partition coefficient (Wildman–Crippen LogP) is 3.90. The van der Waals surface area contributed by atoms with Gasteiger partial charge >= 0.3 is 12.1 Å². The molecule has 1 aliphatic rings. The summed E-state index contributed by atoms with van der Waals surface area (Å²) in [6, 6.07) is 5.12. The molecule has 138 valence electrons. The maximum atomic E-state index is 13.2. The number of benzene rings is 1. The Labute approximate surface area is 150 Å². The zero-order valence-electron chi connectivity index (χ0n) is 13.9. The lowest BCUT2D eigenvalue weighted by Crippen LogP contribution is -2.13. The van der Waals surface area contributed by atoms with Gasteiger partial charge in [-0.25, -0.2) is 4.79 Å². The molecule has 0 fully saturated rings. The zero-order chi connectivity index (χ0) is 19.1. The average molecular weight is 386 g/mol. The van der Waals surface area contributed by atoms with Crippen molar-refractivity contribution < 1.29 is 32.2 Å². The summed E-state index contributed by atoms with van der Waals surface area (Å²) in [6.07, 6.45) is -5.14. The van der Waals surface area contributed by atoms with Gasteiger partial charge < -0.3 is 14.2 Å². The molecule has 26 heavy (non-hydrogen) atoms.